The fourth-order valence-electron chi connectivity index (χ4n) is 2.24. The molecule has 0 bridgehead atoms. The predicted octanol–water partition coefficient (Wildman–Crippen LogP) is 6.38. The van der Waals surface area contributed by atoms with Gasteiger partial charge in [0.15, 0.2) is 5.75 Å². The number of benzene rings is 2. The van der Waals surface area contributed by atoms with Gasteiger partial charge in [-0.1, -0.05) is 46.9 Å². The van der Waals surface area contributed by atoms with E-state index < -0.39 is 33.7 Å². The van der Waals surface area contributed by atoms with Gasteiger partial charge in [-0.05, 0) is 36.8 Å². The highest BCUT2D eigenvalue weighted by atomic mass is 35.5. The van der Waals surface area contributed by atoms with Gasteiger partial charge < -0.3 is 15.4 Å². The smallest absolute Gasteiger partial charge is 0.416 e. The average Bonchev–Trinajstić information content (AvgIpc) is 2.64. The number of nitrogens with one attached hydrogen (secondary N) is 3. The summed E-state index contributed by atoms with van der Waals surface area (Å²) in [6, 6.07) is 7.13. The molecule has 2 aromatic carbocycles. The molecule has 160 valence electrons. The highest BCUT2D eigenvalue weighted by Crippen LogP contribution is 2.40. The minimum absolute atomic E-state index is 0.182. The second-order valence-electron chi connectivity index (χ2n) is 5.78. The summed E-state index contributed by atoms with van der Waals surface area (Å²) in [6.45, 7) is 2.09. The van der Waals surface area contributed by atoms with Crippen LogP contribution in [0.15, 0.2) is 42.5 Å². The van der Waals surface area contributed by atoms with Crippen molar-refractivity contribution in [3.63, 3.8) is 0 Å². The Morgan fingerprint density at radius 3 is 2.20 bits per heavy atom. The van der Waals surface area contributed by atoms with Crippen LogP contribution in [0.1, 0.15) is 18.1 Å². The van der Waals surface area contributed by atoms with Gasteiger partial charge in [0.1, 0.15) is 0 Å². The number of urea groups is 1. The summed E-state index contributed by atoms with van der Waals surface area (Å²) in [7, 11) is 0. The maximum absolute atomic E-state index is 12.8. The lowest BCUT2D eigenvalue weighted by Crippen LogP contribution is -2.34. The molecule has 0 radical (unpaired) electrons. The maximum Gasteiger partial charge on any atom is 0.416 e. The molecule has 2 aromatic rings. The number of rotatable bonds is 5. The standard InChI is InChI=1S/C19H15Cl3F3N3O2/c1-2-27-18(29)28-15(10-3-5-12(20)6-4-10)9-16(26)30-17-13(21)7-11(8-14(17)22)19(23,24)25/h3-9,26H,2H2,1H3,(H2,27,28,29)/b15-9-,26-16?. The molecule has 11 heteroatoms. The summed E-state index contributed by atoms with van der Waals surface area (Å²) < 4.78 is 43.8. The Balaban J connectivity index is 2.33. The van der Waals surface area contributed by atoms with Crippen molar-refractivity contribution in [1.29, 1.82) is 5.41 Å². The Labute approximate surface area is 185 Å². The minimum atomic E-state index is -4.64. The summed E-state index contributed by atoms with van der Waals surface area (Å²) in [5.74, 6) is -0.846. The third-order valence-electron chi connectivity index (χ3n) is 3.55. The van der Waals surface area contributed by atoms with Gasteiger partial charge in [0.25, 0.3) is 0 Å². The number of ether oxygens (including phenoxy) is 1. The van der Waals surface area contributed by atoms with Crippen molar-refractivity contribution in [2.24, 2.45) is 0 Å². The molecule has 0 heterocycles. The first-order valence-electron chi connectivity index (χ1n) is 8.36. The van der Waals surface area contributed by atoms with Crippen LogP contribution in [0.5, 0.6) is 5.75 Å². The van der Waals surface area contributed by atoms with Gasteiger partial charge in [0.05, 0.1) is 21.3 Å². The summed E-state index contributed by atoms with van der Waals surface area (Å²) in [6.07, 6.45) is -3.49. The first kappa shape index (κ1) is 23.9. The average molecular weight is 481 g/mol. The molecule has 0 fully saturated rings. The molecule has 0 saturated heterocycles. The molecule has 0 aliphatic carbocycles. The van der Waals surface area contributed by atoms with Crippen LogP contribution in [-0.2, 0) is 6.18 Å². The van der Waals surface area contributed by atoms with E-state index in [4.69, 9.17) is 44.9 Å². The van der Waals surface area contributed by atoms with Gasteiger partial charge in [-0.3, -0.25) is 5.41 Å². The fourth-order valence-corrected chi connectivity index (χ4v) is 2.93. The van der Waals surface area contributed by atoms with Crippen molar-refractivity contribution in [2.45, 2.75) is 13.1 Å². The van der Waals surface area contributed by atoms with E-state index in [0.717, 1.165) is 6.08 Å². The molecule has 2 amide bonds. The van der Waals surface area contributed by atoms with Crippen molar-refractivity contribution in [1.82, 2.24) is 10.6 Å². The second kappa shape index (κ2) is 10.1. The fraction of sp³-hybridized carbons (Fsp3) is 0.158. The lowest BCUT2D eigenvalue weighted by molar-refractivity contribution is -0.137. The zero-order chi connectivity index (χ0) is 22.5. The lowest BCUT2D eigenvalue weighted by Gasteiger charge is -2.14. The molecule has 0 aromatic heterocycles. The van der Waals surface area contributed by atoms with E-state index in [1.165, 1.54) is 0 Å². The van der Waals surface area contributed by atoms with E-state index in [0.29, 0.717) is 29.3 Å². The van der Waals surface area contributed by atoms with Crippen molar-refractivity contribution in [3.8, 4) is 5.75 Å². The molecule has 3 N–H and O–H groups in total. The topological polar surface area (TPSA) is 74.2 Å². The summed E-state index contributed by atoms with van der Waals surface area (Å²) in [5.41, 5.74) is -0.364. The monoisotopic (exact) mass is 479 g/mol. The Morgan fingerprint density at radius 2 is 1.70 bits per heavy atom. The van der Waals surface area contributed by atoms with Gasteiger partial charge in [-0.2, -0.15) is 13.2 Å². The number of carbonyl (C=O) groups is 1. The van der Waals surface area contributed by atoms with Gasteiger partial charge in [-0.25, -0.2) is 4.79 Å². The first-order valence-corrected chi connectivity index (χ1v) is 9.49. The third-order valence-corrected chi connectivity index (χ3v) is 4.37. The normalized spacial score (nSPS) is 11.8. The Morgan fingerprint density at radius 1 is 1.13 bits per heavy atom. The molecule has 0 saturated carbocycles. The molecule has 0 spiro atoms. The molecular formula is C19H15Cl3F3N3O2. The van der Waals surface area contributed by atoms with Crippen LogP contribution in [0.4, 0.5) is 18.0 Å². The Kier molecular flexibility index (Phi) is 8.00. The third kappa shape index (κ3) is 6.55. The first-order chi connectivity index (χ1) is 14.0. The van der Waals surface area contributed by atoms with E-state index in [-0.39, 0.29) is 11.4 Å². The molecule has 0 aliphatic heterocycles. The van der Waals surface area contributed by atoms with Crippen LogP contribution in [-0.4, -0.2) is 18.5 Å². The molecule has 5 nitrogen and oxygen atoms in total. The van der Waals surface area contributed by atoms with E-state index in [1.54, 1.807) is 31.2 Å². The van der Waals surface area contributed by atoms with Crippen molar-refractivity contribution >= 4 is 52.4 Å². The molecule has 0 aliphatic rings. The summed E-state index contributed by atoms with van der Waals surface area (Å²) in [4.78, 5) is 11.9. The highest BCUT2D eigenvalue weighted by molar-refractivity contribution is 6.37. The van der Waals surface area contributed by atoms with Crippen molar-refractivity contribution in [3.05, 3.63) is 68.7 Å². The van der Waals surface area contributed by atoms with Gasteiger partial charge in [-0.15, -0.1) is 0 Å². The quantitative estimate of drug-likeness (QED) is 0.343. The highest BCUT2D eigenvalue weighted by Gasteiger charge is 2.32. The van der Waals surface area contributed by atoms with Crippen LogP contribution in [0.3, 0.4) is 0 Å². The molecule has 0 unspecified atom stereocenters. The molecule has 0 atom stereocenters. The van der Waals surface area contributed by atoms with Crippen LogP contribution in [0.2, 0.25) is 15.1 Å². The molecule has 30 heavy (non-hydrogen) atoms. The van der Waals surface area contributed by atoms with Gasteiger partial charge in [0, 0.05) is 17.6 Å². The molecular weight excluding hydrogens is 466 g/mol. The number of halogens is 6. The number of hydrogen-bond acceptors (Lipinski definition) is 3. The summed E-state index contributed by atoms with van der Waals surface area (Å²) in [5, 5.41) is 12.8. The second-order valence-corrected chi connectivity index (χ2v) is 7.03. The number of alkyl halides is 3. The zero-order valence-corrected chi connectivity index (χ0v) is 17.6. The van der Waals surface area contributed by atoms with E-state index >= 15 is 0 Å². The van der Waals surface area contributed by atoms with E-state index in [2.05, 4.69) is 10.6 Å². The maximum atomic E-state index is 12.8. The van der Waals surface area contributed by atoms with Crippen LogP contribution in [0.25, 0.3) is 5.70 Å². The van der Waals surface area contributed by atoms with E-state index in [9.17, 15) is 18.0 Å². The largest absolute Gasteiger partial charge is 0.436 e. The van der Waals surface area contributed by atoms with Crippen molar-refractivity contribution < 1.29 is 22.7 Å². The Bertz CT molecular complexity index is 954. The SMILES string of the molecule is CCNC(=O)N/C(=C\C(=N)Oc1c(Cl)cc(C(F)(F)F)cc1Cl)c1ccc(Cl)cc1. The zero-order valence-electron chi connectivity index (χ0n) is 15.3. The van der Waals surface area contributed by atoms with Gasteiger partial charge in [0.2, 0.25) is 5.90 Å². The number of amides is 2. The number of hydrogen-bond donors (Lipinski definition) is 3. The van der Waals surface area contributed by atoms with Gasteiger partial charge >= 0.3 is 12.2 Å². The van der Waals surface area contributed by atoms with Crippen molar-refractivity contribution in [2.75, 3.05) is 6.54 Å². The van der Waals surface area contributed by atoms with Crippen LogP contribution < -0.4 is 15.4 Å². The molecule has 2 rings (SSSR count). The number of carbonyl (C=O) groups excluding carboxylic acids is 1. The lowest BCUT2D eigenvalue weighted by atomic mass is 10.1. The van der Waals surface area contributed by atoms with E-state index in [1.807, 2.05) is 0 Å². The predicted molar refractivity (Wildman–Crippen MR) is 111 cm³/mol. The Hall–Kier alpha value is -2.42. The van der Waals surface area contributed by atoms with Crippen LogP contribution in [0, 0.1) is 5.41 Å². The summed E-state index contributed by atoms with van der Waals surface area (Å²) >= 11 is 17.6. The minimum Gasteiger partial charge on any atom is -0.436 e. The van der Waals surface area contributed by atoms with Crippen LogP contribution >= 0.6 is 34.8 Å².